The highest BCUT2D eigenvalue weighted by Gasteiger charge is 2.49. The van der Waals surface area contributed by atoms with Crippen LogP contribution in [-0.2, 0) is 0 Å². The molecule has 148 valence electrons. The Hall–Kier alpha value is -3.48. The molecule has 0 radical (unpaired) electrons. The zero-order chi connectivity index (χ0) is 20.8. The second kappa shape index (κ2) is 6.84. The summed E-state index contributed by atoms with van der Waals surface area (Å²) in [7, 11) is 0. The molecule has 29 heavy (non-hydrogen) atoms. The topological polar surface area (TPSA) is 96.0 Å². The monoisotopic (exact) mass is 400 g/mol. The number of hydrogen-bond acceptors (Lipinski definition) is 5. The van der Waals surface area contributed by atoms with Crippen molar-refractivity contribution in [2.75, 3.05) is 0 Å². The van der Waals surface area contributed by atoms with E-state index in [1.807, 2.05) is 6.07 Å². The van der Waals surface area contributed by atoms with Crippen LogP contribution >= 0.6 is 0 Å². The number of carbonyl (C=O) groups is 1. The molecular formula is C19H15F3N6O. The fourth-order valence-electron chi connectivity index (χ4n) is 3.18. The number of nitrogens with one attached hydrogen (secondary N) is 1. The summed E-state index contributed by atoms with van der Waals surface area (Å²) in [4.78, 5) is 21.0. The molecule has 3 aromatic heterocycles. The van der Waals surface area contributed by atoms with Gasteiger partial charge in [-0.2, -0.15) is 23.5 Å². The van der Waals surface area contributed by atoms with Crippen molar-refractivity contribution in [3.8, 4) is 17.3 Å². The summed E-state index contributed by atoms with van der Waals surface area (Å²) in [6.45, 7) is 1.73. The van der Waals surface area contributed by atoms with Crippen molar-refractivity contribution in [3.05, 3.63) is 47.5 Å². The molecule has 1 aliphatic carbocycles. The van der Waals surface area contributed by atoms with Crippen molar-refractivity contribution in [2.24, 2.45) is 5.92 Å². The first-order chi connectivity index (χ1) is 13.8. The number of alkyl halides is 3. The van der Waals surface area contributed by atoms with Crippen LogP contribution in [0.3, 0.4) is 0 Å². The molecule has 1 atom stereocenters. The molecule has 0 spiro atoms. The van der Waals surface area contributed by atoms with Crippen molar-refractivity contribution in [1.82, 2.24) is 24.9 Å². The summed E-state index contributed by atoms with van der Waals surface area (Å²) in [5.41, 5.74) is 2.04. The van der Waals surface area contributed by atoms with Gasteiger partial charge in [0.2, 0.25) is 0 Å². The maximum Gasteiger partial charge on any atom is 0.408 e. The number of amides is 1. The zero-order valence-corrected chi connectivity index (χ0v) is 15.2. The summed E-state index contributed by atoms with van der Waals surface area (Å²) in [6, 6.07) is 3.39. The van der Waals surface area contributed by atoms with Crippen LogP contribution in [0.15, 0.2) is 30.7 Å². The van der Waals surface area contributed by atoms with E-state index in [1.54, 1.807) is 19.1 Å². The minimum Gasteiger partial charge on any atom is -0.340 e. The summed E-state index contributed by atoms with van der Waals surface area (Å²) < 4.78 is 41.2. The Morgan fingerprint density at radius 2 is 2.07 bits per heavy atom. The first-order valence-electron chi connectivity index (χ1n) is 8.86. The average molecular weight is 400 g/mol. The van der Waals surface area contributed by atoms with Crippen LogP contribution in [0.25, 0.3) is 16.9 Å². The summed E-state index contributed by atoms with van der Waals surface area (Å²) in [5, 5.41) is 15.2. The van der Waals surface area contributed by atoms with E-state index in [2.05, 4.69) is 20.4 Å². The summed E-state index contributed by atoms with van der Waals surface area (Å²) in [5.74, 6) is -1.46. The molecule has 0 aromatic carbocycles. The van der Waals surface area contributed by atoms with Gasteiger partial charge in [-0.05, 0) is 37.8 Å². The maximum atomic E-state index is 13.3. The molecule has 0 aliphatic heterocycles. The van der Waals surface area contributed by atoms with Crippen molar-refractivity contribution in [3.63, 3.8) is 0 Å². The molecule has 0 saturated heterocycles. The number of hydrogen-bond donors (Lipinski definition) is 1. The van der Waals surface area contributed by atoms with E-state index in [-0.39, 0.29) is 11.2 Å². The second-order valence-corrected chi connectivity index (χ2v) is 6.98. The van der Waals surface area contributed by atoms with E-state index in [4.69, 9.17) is 5.26 Å². The molecular weight excluding hydrogens is 385 g/mol. The smallest absolute Gasteiger partial charge is 0.340 e. The van der Waals surface area contributed by atoms with Crippen molar-refractivity contribution >= 4 is 11.6 Å². The molecule has 4 rings (SSSR count). The van der Waals surface area contributed by atoms with E-state index in [0.717, 1.165) is 0 Å². The number of nitriles is 1. The molecule has 10 heteroatoms. The normalized spacial score (nSPS) is 15.1. The van der Waals surface area contributed by atoms with Gasteiger partial charge in [0.1, 0.15) is 17.7 Å². The van der Waals surface area contributed by atoms with Gasteiger partial charge >= 0.3 is 6.18 Å². The first-order valence-corrected chi connectivity index (χ1v) is 8.86. The molecule has 7 nitrogen and oxygen atoms in total. The van der Waals surface area contributed by atoms with Gasteiger partial charge < -0.3 is 5.32 Å². The van der Waals surface area contributed by atoms with Crippen LogP contribution in [-0.4, -0.2) is 37.7 Å². The highest BCUT2D eigenvalue weighted by Crippen LogP contribution is 2.40. The molecule has 1 unspecified atom stereocenters. The summed E-state index contributed by atoms with van der Waals surface area (Å²) >= 11 is 0. The Bertz CT molecular complexity index is 1140. The molecule has 1 saturated carbocycles. The number of rotatable bonds is 4. The lowest BCUT2D eigenvalue weighted by Crippen LogP contribution is -2.46. The van der Waals surface area contributed by atoms with Gasteiger partial charge in [-0.15, -0.1) is 0 Å². The lowest BCUT2D eigenvalue weighted by molar-refractivity contribution is -0.158. The molecule has 0 bridgehead atoms. The number of aromatic nitrogens is 4. The van der Waals surface area contributed by atoms with Gasteiger partial charge in [0.05, 0.1) is 17.5 Å². The van der Waals surface area contributed by atoms with Crippen LogP contribution in [0.5, 0.6) is 0 Å². The third kappa shape index (κ3) is 3.63. The van der Waals surface area contributed by atoms with Crippen LogP contribution in [0.2, 0.25) is 0 Å². The minimum atomic E-state index is -4.52. The average Bonchev–Trinajstić information content (AvgIpc) is 3.42. The quantitative estimate of drug-likeness (QED) is 0.726. The lowest BCUT2D eigenvalue weighted by atomic mass is 10.1. The Balaban J connectivity index is 1.73. The number of halogens is 3. The zero-order valence-electron chi connectivity index (χ0n) is 15.2. The largest absolute Gasteiger partial charge is 0.408 e. The van der Waals surface area contributed by atoms with Crippen LogP contribution in [0.1, 0.15) is 34.5 Å². The Kier molecular flexibility index (Phi) is 4.45. The number of fused-ring (bicyclic) bond motifs is 1. The minimum absolute atomic E-state index is 0.0470. The Morgan fingerprint density at radius 1 is 1.31 bits per heavy atom. The molecule has 3 heterocycles. The van der Waals surface area contributed by atoms with Gasteiger partial charge in [0, 0.05) is 23.7 Å². The van der Waals surface area contributed by atoms with Gasteiger partial charge in [0.25, 0.3) is 5.91 Å². The molecule has 1 amide bonds. The Labute approximate surface area is 163 Å². The molecule has 1 aliphatic rings. The van der Waals surface area contributed by atoms with Crippen LogP contribution < -0.4 is 5.32 Å². The number of pyridine rings is 1. The number of carbonyl (C=O) groups excluding carboxylic acids is 1. The van der Waals surface area contributed by atoms with Crippen molar-refractivity contribution < 1.29 is 18.0 Å². The number of nitrogens with zero attached hydrogens (tertiary/aromatic N) is 5. The summed E-state index contributed by atoms with van der Waals surface area (Å²) in [6.07, 6.45) is 0.478. The highest BCUT2D eigenvalue weighted by molar-refractivity contribution is 6.00. The predicted molar refractivity (Wildman–Crippen MR) is 95.7 cm³/mol. The third-order valence-electron chi connectivity index (χ3n) is 4.79. The molecule has 3 aromatic rings. The molecule has 1 N–H and O–H groups in total. The van der Waals surface area contributed by atoms with Crippen molar-refractivity contribution in [1.29, 1.82) is 5.26 Å². The standard InChI is InChI=1S/C19H15F3N6O/c1-10-4-15(13-5-11(6-23)7-24-8-13)26-17-14(9-25-28(10)17)18(29)27-16(12-2-3-12)19(20,21)22/h4-5,7-9,12,16H,2-3H2,1H3,(H,27,29). The highest BCUT2D eigenvalue weighted by atomic mass is 19.4. The van der Waals surface area contributed by atoms with E-state index >= 15 is 0 Å². The molecule has 1 fully saturated rings. The predicted octanol–water partition coefficient (Wildman–Crippen LogP) is 3.04. The van der Waals surface area contributed by atoms with Crippen LogP contribution in [0, 0.1) is 24.2 Å². The number of aryl methyl sites for hydroxylation is 1. The SMILES string of the molecule is Cc1cc(-c2cncc(C#N)c2)nc2c(C(=O)NC(C3CC3)C(F)(F)F)cnn12. The van der Waals surface area contributed by atoms with E-state index in [9.17, 15) is 18.0 Å². The first kappa shape index (κ1) is 18.9. The van der Waals surface area contributed by atoms with Gasteiger partial charge in [-0.3, -0.25) is 9.78 Å². The van der Waals surface area contributed by atoms with Gasteiger partial charge in [0.15, 0.2) is 5.65 Å². The fraction of sp³-hybridized carbons (Fsp3) is 0.316. The van der Waals surface area contributed by atoms with E-state index in [0.29, 0.717) is 35.4 Å². The second-order valence-electron chi connectivity index (χ2n) is 6.98. The van der Waals surface area contributed by atoms with Crippen molar-refractivity contribution in [2.45, 2.75) is 32.0 Å². The lowest BCUT2D eigenvalue weighted by Gasteiger charge is -2.20. The van der Waals surface area contributed by atoms with Crippen LogP contribution in [0.4, 0.5) is 13.2 Å². The fourth-order valence-corrected chi connectivity index (χ4v) is 3.18. The van der Waals surface area contributed by atoms with Gasteiger partial charge in [-0.25, -0.2) is 9.50 Å². The Morgan fingerprint density at radius 3 is 2.72 bits per heavy atom. The van der Waals surface area contributed by atoms with Gasteiger partial charge in [-0.1, -0.05) is 0 Å². The maximum absolute atomic E-state index is 13.3. The third-order valence-corrected chi connectivity index (χ3v) is 4.79. The van der Waals surface area contributed by atoms with E-state index < -0.39 is 24.0 Å². The van der Waals surface area contributed by atoms with E-state index in [1.165, 1.54) is 23.1 Å².